The molecule has 1 N–H and O–H groups in total. The lowest BCUT2D eigenvalue weighted by atomic mass is 9.98. The molecule has 5 heteroatoms. The summed E-state index contributed by atoms with van der Waals surface area (Å²) in [5.41, 5.74) is 19.2. The highest BCUT2D eigenvalue weighted by Crippen LogP contribution is 2.43. The molecule has 10 rings (SSSR count). The Hall–Kier alpha value is -6.97. The molecule has 2 aromatic heterocycles. The molecule has 3 heterocycles. The average Bonchev–Trinajstić information content (AvgIpc) is 3.71. The predicted octanol–water partition coefficient (Wildman–Crippen LogP) is 13.4. The lowest BCUT2D eigenvalue weighted by molar-refractivity contribution is 0.175. The van der Waals surface area contributed by atoms with Crippen LogP contribution in [0.5, 0.6) is 0 Å². The van der Waals surface area contributed by atoms with Crippen LogP contribution < -0.4 is 5.32 Å². The average molecular weight is 779 g/mol. The summed E-state index contributed by atoms with van der Waals surface area (Å²) in [6, 6.07) is 40.0. The number of aromatic nitrogens is 1. The summed E-state index contributed by atoms with van der Waals surface area (Å²) >= 11 is 1.87. The van der Waals surface area contributed by atoms with E-state index >= 15 is 0 Å². The number of fused-ring (bicyclic) bond motifs is 6. The molecule has 1 aliphatic heterocycles. The van der Waals surface area contributed by atoms with Crippen LogP contribution in [0.2, 0.25) is 0 Å². The number of benzene rings is 5. The van der Waals surface area contributed by atoms with Crippen LogP contribution in [0.3, 0.4) is 0 Å². The fourth-order valence-corrected chi connectivity index (χ4v) is 9.85. The van der Waals surface area contributed by atoms with Crippen molar-refractivity contribution in [3.8, 4) is 16.8 Å². The smallest absolute Gasteiger partial charge is 0.139 e. The van der Waals surface area contributed by atoms with E-state index in [4.69, 9.17) is 4.99 Å². The third-order valence-electron chi connectivity index (χ3n) is 11.5. The van der Waals surface area contributed by atoms with Crippen molar-refractivity contribution in [3.05, 3.63) is 215 Å². The number of allylic oxidation sites excluding steroid dienone is 9. The van der Waals surface area contributed by atoms with Crippen molar-refractivity contribution in [1.82, 2.24) is 14.8 Å². The number of nitrogens with one attached hydrogen (secondary N) is 1. The lowest BCUT2D eigenvalue weighted by Gasteiger charge is -2.39. The second kappa shape index (κ2) is 15.4. The number of amidine groups is 1. The highest BCUT2D eigenvalue weighted by molar-refractivity contribution is 7.26. The first kappa shape index (κ1) is 36.4. The highest BCUT2D eigenvalue weighted by atomic mass is 32.1. The maximum absolute atomic E-state index is 5.33. The number of likely N-dealkylation sites (N-methyl/N-ethyl adjacent to an activating group) is 1. The van der Waals surface area contributed by atoms with Crippen LogP contribution in [0.15, 0.2) is 192 Å². The summed E-state index contributed by atoms with van der Waals surface area (Å²) < 4.78 is 5.02. The Morgan fingerprint density at radius 3 is 2.51 bits per heavy atom. The summed E-state index contributed by atoms with van der Waals surface area (Å²) in [7, 11) is 2.12. The zero-order chi connectivity index (χ0) is 39.9. The van der Waals surface area contributed by atoms with Crippen LogP contribution in [0.25, 0.3) is 65.6 Å². The van der Waals surface area contributed by atoms with Crippen LogP contribution in [0, 0.1) is 0 Å². The Kier molecular flexibility index (Phi) is 9.50. The predicted molar refractivity (Wildman–Crippen MR) is 252 cm³/mol. The number of hydrogen-bond acceptors (Lipinski definition) is 4. The minimum Gasteiger partial charge on any atom is -0.350 e. The van der Waals surface area contributed by atoms with Crippen molar-refractivity contribution in [2.24, 2.45) is 4.99 Å². The molecule has 5 aromatic carbocycles. The van der Waals surface area contributed by atoms with Gasteiger partial charge in [0.05, 0.1) is 11.2 Å². The number of para-hydroxylation sites is 1. The zero-order valence-electron chi connectivity index (χ0n) is 33.1. The van der Waals surface area contributed by atoms with Crippen molar-refractivity contribution in [1.29, 1.82) is 0 Å². The Morgan fingerprint density at radius 2 is 1.68 bits per heavy atom. The van der Waals surface area contributed by atoms with E-state index < -0.39 is 0 Å². The summed E-state index contributed by atoms with van der Waals surface area (Å²) in [6.07, 6.45) is 23.6. The van der Waals surface area contributed by atoms with Crippen LogP contribution in [-0.4, -0.2) is 28.5 Å². The van der Waals surface area contributed by atoms with Gasteiger partial charge in [0.2, 0.25) is 0 Å². The van der Waals surface area contributed by atoms with Gasteiger partial charge in [-0.2, -0.15) is 0 Å². The SMILES string of the molecule is C=C/C=C\C(=C/C)c1cccc(C2NC(c3ccc(-c4cc(-n5c6c(c7ccccc75)C=CCC=C6)cc5c4sc4ccccc45)cc3)=NC(C3=C=C=CC=C3)N2C)c1. The largest absolute Gasteiger partial charge is 0.350 e. The molecule has 0 radical (unpaired) electrons. The first-order valence-electron chi connectivity index (χ1n) is 20.1. The molecule has 0 saturated heterocycles. The Balaban J connectivity index is 1.09. The maximum atomic E-state index is 5.33. The topological polar surface area (TPSA) is 32.6 Å². The standard InChI is InChI=1S/C54H42N4S/c1-4-6-18-36(5-2)40-21-17-22-41(33-40)54-56-52(55-53(57(54)3)39-19-9-7-10-20-39)38-31-29-37(30-32-38)46-34-42(35-47-45-25-14-16-28-50(45)59-51(46)47)58-48-26-12-8-11-23-43(48)44-24-13-15-27-49(44)58/h4-7,9,11-19,21-35,53-54H,1,8H2,2-3H3,(H,55,56)/b18-6-,36-5+. The maximum Gasteiger partial charge on any atom is 0.139 e. The van der Waals surface area contributed by atoms with E-state index in [0.717, 1.165) is 51.3 Å². The molecular formula is C54H42N4S. The molecule has 4 nitrogen and oxygen atoms in total. The van der Waals surface area contributed by atoms with Gasteiger partial charge < -0.3 is 9.88 Å². The second-order valence-electron chi connectivity index (χ2n) is 15.0. The summed E-state index contributed by atoms with van der Waals surface area (Å²) in [5.74, 6) is 0.840. The fraction of sp³-hybridized carbons (Fsp3) is 0.0926. The minimum absolute atomic E-state index is 0.146. The molecule has 0 fully saturated rings. The van der Waals surface area contributed by atoms with Crippen LogP contribution in [-0.2, 0) is 0 Å². The van der Waals surface area contributed by atoms with E-state index in [1.165, 1.54) is 47.9 Å². The molecule has 0 bridgehead atoms. The highest BCUT2D eigenvalue weighted by Gasteiger charge is 2.32. The number of thiophene rings is 1. The van der Waals surface area contributed by atoms with Crippen LogP contribution >= 0.6 is 11.3 Å². The van der Waals surface area contributed by atoms with E-state index in [2.05, 4.69) is 199 Å². The molecule has 2 aliphatic carbocycles. The molecule has 7 aromatic rings. The monoisotopic (exact) mass is 778 g/mol. The third-order valence-corrected chi connectivity index (χ3v) is 12.7. The molecule has 0 spiro atoms. The summed E-state index contributed by atoms with van der Waals surface area (Å²) in [4.78, 5) is 7.60. The molecular weight excluding hydrogens is 737 g/mol. The quantitative estimate of drug-likeness (QED) is 0.123. The normalized spacial score (nSPS) is 17.8. The van der Waals surface area contributed by atoms with Gasteiger partial charge in [0.15, 0.2) is 0 Å². The molecule has 2 unspecified atom stereocenters. The lowest BCUT2D eigenvalue weighted by Crippen LogP contribution is -2.49. The van der Waals surface area contributed by atoms with Crippen molar-refractivity contribution in [3.63, 3.8) is 0 Å². The molecule has 3 aliphatic rings. The van der Waals surface area contributed by atoms with Gasteiger partial charge in [0.1, 0.15) is 18.2 Å². The molecule has 0 amide bonds. The van der Waals surface area contributed by atoms with Crippen molar-refractivity contribution in [2.45, 2.75) is 25.7 Å². The fourth-order valence-electron chi connectivity index (χ4n) is 8.63. The van der Waals surface area contributed by atoms with Gasteiger partial charge in [-0.25, -0.2) is 4.99 Å². The van der Waals surface area contributed by atoms with E-state index in [-0.39, 0.29) is 12.3 Å². The number of rotatable bonds is 8. The molecule has 2 atom stereocenters. The van der Waals surface area contributed by atoms with Gasteiger partial charge >= 0.3 is 0 Å². The van der Waals surface area contributed by atoms with Crippen molar-refractivity contribution >= 4 is 66.0 Å². The number of nitrogens with zero attached hydrogens (tertiary/aromatic N) is 3. The van der Waals surface area contributed by atoms with E-state index in [9.17, 15) is 0 Å². The van der Waals surface area contributed by atoms with Gasteiger partial charge in [-0.05, 0) is 91.2 Å². The Labute approximate surface area is 349 Å². The first-order chi connectivity index (χ1) is 29.1. The van der Waals surface area contributed by atoms with E-state index in [1.54, 1.807) is 0 Å². The summed E-state index contributed by atoms with van der Waals surface area (Å²) in [5, 5.41) is 7.65. The number of hydrogen-bond donors (Lipinski definition) is 1. The number of aliphatic imine (C=N–C) groups is 1. The van der Waals surface area contributed by atoms with Crippen molar-refractivity contribution < 1.29 is 0 Å². The van der Waals surface area contributed by atoms with Gasteiger partial charge in [0.25, 0.3) is 0 Å². The molecule has 284 valence electrons. The third kappa shape index (κ3) is 6.53. The first-order valence-corrected chi connectivity index (χ1v) is 20.9. The second-order valence-corrected chi connectivity index (χ2v) is 16.1. The Morgan fingerprint density at radius 1 is 0.864 bits per heavy atom. The van der Waals surface area contributed by atoms with E-state index in [0.29, 0.717) is 0 Å². The van der Waals surface area contributed by atoms with Gasteiger partial charge in [-0.15, -0.1) is 11.3 Å². The molecule has 59 heavy (non-hydrogen) atoms. The van der Waals surface area contributed by atoms with E-state index in [1.807, 2.05) is 35.6 Å². The van der Waals surface area contributed by atoms with Gasteiger partial charge in [0, 0.05) is 53.5 Å². The van der Waals surface area contributed by atoms with Crippen LogP contribution in [0.4, 0.5) is 0 Å². The zero-order valence-corrected chi connectivity index (χ0v) is 33.9. The van der Waals surface area contributed by atoms with Crippen LogP contribution in [0.1, 0.15) is 47.5 Å². The molecule has 0 saturated carbocycles. The Bertz CT molecular complexity index is 3130. The summed E-state index contributed by atoms with van der Waals surface area (Å²) in [6.45, 7) is 5.94. The van der Waals surface area contributed by atoms with Crippen molar-refractivity contribution in [2.75, 3.05) is 7.05 Å². The van der Waals surface area contributed by atoms with Gasteiger partial charge in [-0.1, -0.05) is 146 Å². The minimum atomic E-state index is -0.260. The van der Waals surface area contributed by atoms with Gasteiger partial charge in [-0.3, -0.25) is 4.90 Å².